The molecule has 5 nitrogen and oxygen atoms in total. The molecule has 0 unspecified atom stereocenters. The van der Waals surface area contributed by atoms with E-state index in [1.807, 2.05) is 54.6 Å². The Balaban J connectivity index is 2.08. The Morgan fingerprint density at radius 3 is 2.44 bits per heavy atom. The van der Waals surface area contributed by atoms with E-state index < -0.39 is 5.63 Å². The summed E-state index contributed by atoms with van der Waals surface area (Å²) in [4.78, 5) is 22.2. The van der Waals surface area contributed by atoms with Crippen molar-refractivity contribution in [3.63, 3.8) is 0 Å². The minimum absolute atomic E-state index is 0.424. The molecule has 5 rings (SSSR count). The molecule has 0 spiro atoms. The average Bonchev–Trinajstić information content (AvgIpc) is 2.72. The van der Waals surface area contributed by atoms with Crippen molar-refractivity contribution in [1.82, 2.24) is 9.97 Å². The molecule has 0 bridgehead atoms. The van der Waals surface area contributed by atoms with E-state index in [9.17, 15) is 4.79 Å². The van der Waals surface area contributed by atoms with Crippen LogP contribution in [-0.4, -0.2) is 17.1 Å². The molecule has 0 amide bonds. The van der Waals surface area contributed by atoms with Gasteiger partial charge in [0.15, 0.2) is 0 Å². The molecule has 3 heterocycles. The van der Waals surface area contributed by atoms with Gasteiger partial charge in [0.05, 0.1) is 23.5 Å². The van der Waals surface area contributed by atoms with Crippen LogP contribution < -0.4 is 10.4 Å². The third-order valence-electron chi connectivity index (χ3n) is 4.62. The molecular weight excluding hydrogens is 340 g/mol. The van der Waals surface area contributed by atoms with E-state index in [1.165, 1.54) is 0 Å². The minimum Gasteiger partial charge on any atom is -0.481 e. The number of para-hydroxylation sites is 1. The van der Waals surface area contributed by atoms with Crippen LogP contribution in [0, 0.1) is 0 Å². The monoisotopic (exact) mass is 354 g/mol. The van der Waals surface area contributed by atoms with Gasteiger partial charge < -0.3 is 9.15 Å². The number of aromatic nitrogens is 2. The number of benzene rings is 2. The molecule has 0 saturated heterocycles. The van der Waals surface area contributed by atoms with Crippen LogP contribution in [-0.2, 0) is 0 Å². The molecule has 0 aliphatic rings. The maximum absolute atomic E-state index is 12.9. The van der Waals surface area contributed by atoms with Crippen LogP contribution in [0.15, 0.2) is 75.9 Å². The Labute approximate surface area is 153 Å². The topological polar surface area (TPSA) is 65.2 Å². The van der Waals surface area contributed by atoms with E-state index in [2.05, 4.69) is 4.98 Å². The van der Waals surface area contributed by atoms with Crippen LogP contribution >= 0.6 is 0 Å². The van der Waals surface area contributed by atoms with Crippen LogP contribution in [0.4, 0.5) is 0 Å². The lowest BCUT2D eigenvalue weighted by atomic mass is 9.99. The molecular formula is C22H14N2O3. The van der Waals surface area contributed by atoms with Gasteiger partial charge in [0.25, 0.3) is 0 Å². The normalized spacial score (nSPS) is 11.3. The molecule has 0 saturated carbocycles. The third-order valence-corrected chi connectivity index (χ3v) is 4.62. The number of rotatable bonds is 2. The maximum atomic E-state index is 12.9. The van der Waals surface area contributed by atoms with E-state index >= 15 is 0 Å². The van der Waals surface area contributed by atoms with Gasteiger partial charge in [-0.3, -0.25) is 0 Å². The van der Waals surface area contributed by atoms with Gasteiger partial charge in [-0.1, -0.05) is 42.5 Å². The van der Waals surface area contributed by atoms with Crippen molar-refractivity contribution in [2.24, 2.45) is 0 Å². The van der Waals surface area contributed by atoms with Crippen molar-refractivity contribution in [2.75, 3.05) is 7.11 Å². The predicted molar refractivity (Wildman–Crippen MR) is 105 cm³/mol. The van der Waals surface area contributed by atoms with Gasteiger partial charge in [-0.25, -0.2) is 14.8 Å². The Bertz CT molecular complexity index is 1380. The van der Waals surface area contributed by atoms with Crippen LogP contribution in [0.25, 0.3) is 44.0 Å². The zero-order valence-electron chi connectivity index (χ0n) is 14.5. The fourth-order valence-corrected chi connectivity index (χ4v) is 3.42. The number of hydrogen-bond donors (Lipinski definition) is 0. The standard InChI is InChI=1S/C22H14N2O3/c1-26-17-12-11-15-21(24-17)18(13-7-3-2-4-8-13)19-20(23-15)14-9-5-6-10-16(14)27-22(19)25/h2-12H,1H3. The van der Waals surface area contributed by atoms with Crippen molar-refractivity contribution in [2.45, 2.75) is 0 Å². The van der Waals surface area contributed by atoms with Gasteiger partial charge in [0, 0.05) is 17.0 Å². The second-order valence-electron chi connectivity index (χ2n) is 6.18. The molecule has 0 aliphatic heterocycles. The van der Waals surface area contributed by atoms with Gasteiger partial charge in [-0.05, 0) is 23.8 Å². The lowest BCUT2D eigenvalue weighted by Crippen LogP contribution is -2.05. The Hall–Kier alpha value is -3.73. The zero-order valence-corrected chi connectivity index (χ0v) is 14.5. The summed E-state index contributed by atoms with van der Waals surface area (Å²) < 4.78 is 10.9. The van der Waals surface area contributed by atoms with Crippen LogP contribution in [0.5, 0.6) is 5.88 Å². The average molecular weight is 354 g/mol. The second-order valence-corrected chi connectivity index (χ2v) is 6.18. The number of methoxy groups -OCH3 is 1. The number of pyridine rings is 2. The zero-order chi connectivity index (χ0) is 18.4. The van der Waals surface area contributed by atoms with Gasteiger partial charge in [0.2, 0.25) is 5.88 Å². The summed E-state index contributed by atoms with van der Waals surface area (Å²) in [5, 5.41) is 1.22. The molecule has 2 aromatic carbocycles. The molecule has 0 radical (unpaired) electrons. The lowest BCUT2D eigenvalue weighted by molar-refractivity contribution is 0.399. The number of hydrogen-bond acceptors (Lipinski definition) is 5. The first-order valence-corrected chi connectivity index (χ1v) is 8.52. The van der Waals surface area contributed by atoms with Crippen LogP contribution in [0.3, 0.4) is 0 Å². The molecule has 3 aromatic heterocycles. The first-order chi connectivity index (χ1) is 13.3. The predicted octanol–water partition coefficient (Wildman–Crippen LogP) is 4.57. The molecule has 27 heavy (non-hydrogen) atoms. The molecule has 0 N–H and O–H groups in total. The Kier molecular flexibility index (Phi) is 3.40. The summed E-state index contributed by atoms with van der Waals surface area (Å²) >= 11 is 0. The van der Waals surface area contributed by atoms with Crippen molar-refractivity contribution in [3.8, 4) is 17.0 Å². The fraction of sp³-hybridized carbons (Fsp3) is 0.0455. The number of nitrogens with zero attached hydrogens (tertiary/aromatic N) is 2. The van der Waals surface area contributed by atoms with E-state index in [-0.39, 0.29) is 0 Å². The summed E-state index contributed by atoms with van der Waals surface area (Å²) in [6, 6.07) is 20.7. The summed E-state index contributed by atoms with van der Waals surface area (Å²) in [7, 11) is 1.56. The highest BCUT2D eigenvalue weighted by Gasteiger charge is 2.19. The van der Waals surface area contributed by atoms with Crippen molar-refractivity contribution in [1.29, 1.82) is 0 Å². The first-order valence-electron chi connectivity index (χ1n) is 8.52. The fourth-order valence-electron chi connectivity index (χ4n) is 3.42. The third kappa shape index (κ3) is 2.36. The van der Waals surface area contributed by atoms with Crippen molar-refractivity contribution >= 4 is 32.9 Å². The maximum Gasteiger partial charge on any atom is 0.346 e. The van der Waals surface area contributed by atoms with Crippen LogP contribution in [0.1, 0.15) is 0 Å². The van der Waals surface area contributed by atoms with Gasteiger partial charge in [-0.2, -0.15) is 0 Å². The number of fused-ring (bicyclic) bond motifs is 4. The highest BCUT2D eigenvalue weighted by Crippen LogP contribution is 2.35. The van der Waals surface area contributed by atoms with Gasteiger partial charge in [0.1, 0.15) is 11.1 Å². The van der Waals surface area contributed by atoms with Gasteiger partial charge >= 0.3 is 5.63 Å². The smallest absolute Gasteiger partial charge is 0.346 e. The Morgan fingerprint density at radius 2 is 1.63 bits per heavy atom. The molecule has 0 fully saturated rings. The SMILES string of the molecule is COc1ccc2nc3c(c(-c4ccccc4)c2n1)c(=O)oc1ccccc13. The Morgan fingerprint density at radius 1 is 0.852 bits per heavy atom. The molecule has 0 atom stereocenters. The second kappa shape index (κ2) is 5.92. The van der Waals surface area contributed by atoms with Crippen molar-refractivity contribution in [3.05, 3.63) is 77.2 Å². The van der Waals surface area contributed by atoms with Crippen LogP contribution in [0.2, 0.25) is 0 Å². The molecule has 0 aliphatic carbocycles. The highest BCUT2D eigenvalue weighted by atomic mass is 16.5. The lowest BCUT2D eigenvalue weighted by Gasteiger charge is -2.11. The summed E-state index contributed by atoms with van der Waals surface area (Å²) in [6.45, 7) is 0. The molecule has 130 valence electrons. The van der Waals surface area contributed by atoms with Crippen molar-refractivity contribution < 1.29 is 9.15 Å². The summed E-state index contributed by atoms with van der Waals surface area (Å²) in [5.41, 5.74) is 3.57. The van der Waals surface area contributed by atoms with E-state index in [0.717, 1.165) is 10.9 Å². The molecule has 5 heteroatoms. The summed E-state index contributed by atoms with van der Waals surface area (Å²) in [5.74, 6) is 0.464. The summed E-state index contributed by atoms with van der Waals surface area (Å²) in [6.07, 6.45) is 0. The van der Waals surface area contributed by atoms with Gasteiger partial charge in [-0.15, -0.1) is 0 Å². The largest absolute Gasteiger partial charge is 0.481 e. The first kappa shape index (κ1) is 15.5. The quantitative estimate of drug-likeness (QED) is 0.264. The minimum atomic E-state index is -0.429. The van der Waals surface area contributed by atoms with E-state index in [0.29, 0.717) is 39.0 Å². The van der Waals surface area contributed by atoms with E-state index in [1.54, 1.807) is 19.2 Å². The number of ether oxygens (including phenoxy) is 1. The molecule has 5 aromatic rings. The van der Waals surface area contributed by atoms with E-state index in [4.69, 9.17) is 14.1 Å². The highest BCUT2D eigenvalue weighted by molar-refractivity contribution is 6.14.